The van der Waals surface area contributed by atoms with E-state index in [2.05, 4.69) is 10.3 Å². The van der Waals surface area contributed by atoms with Crippen LogP contribution in [0.2, 0.25) is 5.02 Å². The van der Waals surface area contributed by atoms with Gasteiger partial charge in [-0.2, -0.15) is 0 Å². The van der Waals surface area contributed by atoms with Gasteiger partial charge in [-0.1, -0.05) is 17.7 Å². The minimum atomic E-state index is -0.826. The number of hydrogen-bond donors (Lipinski definition) is 1. The number of aliphatic imine (C=N–C) groups is 1. The first kappa shape index (κ1) is 25.1. The minimum absolute atomic E-state index is 0.148. The van der Waals surface area contributed by atoms with E-state index in [0.29, 0.717) is 40.6 Å². The SMILES string of the molecule is CCOC(=O)C1=C2C[C@@H](NC(=O)OC(C)(C)C)CN2C(c2nccs2)=N[C@H]1c1ccc(F)cc1Cl. The molecule has 1 amide bonds. The standard InChI is InChI=1S/C24H26ClFN4O4S/c1-5-33-22(31)18-17-11-14(28-23(32)34-24(2,3)4)12-30(17)20(21-27-8-9-35-21)29-19(18)15-7-6-13(26)10-16(15)25/h6-10,14,19H,5,11-12H2,1-4H3,(H,28,32)/t14-,19+/m1/s1. The molecule has 2 atom stereocenters. The average molecular weight is 521 g/mol. The Morgan fingerprint density at radius 1 is 1.34 bits per heavy atom. The first-order valence-corrected chi connectivity index (χ1v) is 12.4. The number of amides is 1. The van der Waals surface area contributed by atoms with Gasteiger partial charge in [0, 0.05) is 40.8 Å². The van der Waals surface area contributed by atoms with Crippen LogP contribution in [-0.2, 0) is 14.3 Å². The van der Waals surface area contributed by atoms with Gasteiger partial charge in [0.15, 0.2) is 10.8 Å². The fourth-order valence-electron chi connectivity index (χ4n) is 4.08. The second kappa shape index (κ2) is 9.94. The van der Waals surface area contributed by atoms with Gasteiger partial charge in [-0.25, -0.2) is 19.0 Å². The van der Waals surface area contributed by atoms with Crippen LogP contribution in [0.1, 0.15) is 50.7 Å². The fraction of sp³-hybridized carbons (Fsp3) is 0.417. The van der Waals surface area contributed by atoms with E-state index in [0.717, 1.165) is 0 Å². The Hall–Kier alpha value is -2.98. The van der Waals surface area contributed by atoms with Crippen molar-refractivity contribution in [2.24, 2.45) is 4.99 Å². The summed E-state index contributed by atoms with van der Waals surface area (Å²) in [5.41, 5.74) is 0.772. The molecule has 3 heterocycles. The van der Waals surface area contributed by atoms with Gasteiger partial charge in [-0.05, 0) is 39.8 Å². The Morgan fingerprint density at radius 2 is 2.11 bits per heavy atom. The summed E-state index contributed by atoms with van der Waals surface area (Å²) in [5, 5.41) is 5.51. The lowest BCUT2D eigenvalue weighted by molar-refractivity contribution is -0.139. The highest BCUT2D eigenvalue weighted by molar-refractivity contribution is 7.11. The number of esters is 1. The average Bonchev–Trinajstić information content (AvgIpc) is 3.41. The molecule has 1 N–H and O–H groups in total. The van der Waals surface area contributed by atoms with E-state index in [4.69, 9.17) is 26.1 Å². The number of nitrogens with one attached hydrogen (secondary N) is 1. The molecule has 0 unspecified atom stereocenters. The van der Waals surface area contributed by atoms with Gasteiger partial charge in [0.2, 0.25) is 0 Å². The number of ether oxygens (including phenoxy) is 2. The van der Waals surface area contributed by atoms with Crippen LogP contribution in [0, 0.1) is 5.82 Å². The van der Waals surface area contributed by atoms with E-state index in [-0.39, 0.29) is 17.7 Å². The molecule has 2 aliphatic rings. The molecule has 0 bridgehead atoms. The maximum absolute atomic E-state index is 13.8. The zero-order chi connectivity index (χ0) is 25.3. The van der Waals surface area contributed by atoms with Crippen LogP contribution in [0.5, 0.6) is 0 Å². The van der Waals surface area contributed by atoms with Crippen LogP contribution < -0.4 is 5.32 Å². The summed E-state index contributed by atoms with van der Waals surface area (Å²) in [4.78, 5) is 36.8. The normalized spacial score (nSPS) is 19.8. The number of halogens is 2. The van der Waals surface area contributed by atoms with Gasteiger partial charge >= 0.3 is 12.1 Å². The predicted molar refractivity (Wildman–Crippen MR) is 131 cm³/mol. The van der Waals surface area contributed by atoms with Gasteiger partial charge in [0.1, 0.15) is 17.5 Å². The highest BCUT2D eigenvalue weighted by Crippen LogP contribution is 2.42. The molecule has 8 nitrogen and oxygen atoms in total. The summed E-state index contributed by atoms with van der Waals surface area (Å²) in [6.45, 7) is 7.61. The second-order valence-corrected chi connectivity index (χ2v) is 10.4. The van der Waals surface area contributed by atoms with E-state index in [9.17, 15) is 14.0 Å². The van der Waals surface area contributed by atoms with Gasteiger partial charge in [0.05, 0.1) is 18.2 Å². The fourth-order valence-corrected chi connectivity index (χ4v) is 5.00. The molecule has 0 spiro atoms. The Labute approximate surface area is 211 Å². The molecule has 35 heavy (non-hydrogen) atoms. The zero-order valence-corrected chi connectivity index (χ0v) is 21.4. The molecular formula is C24H26ClFN4O4S. The zero-order valence-electron chi connectivity index (χ0n) is 19.8. The van der Waals surface area contributed by atoms with E-state index in [1.54, 1.807) is 33.9 Å². The number of hydrogen-bond acceptors (Lipinski definition) is 8. The summed E-state index contributed by atoms with van der Waals surface area (Å²) < 4.78 is 24.6. The van der Waals surface area contributed by atoms with Crippen molar-refractivity contribution in [1.29, 1.82) is 0 Å². The summed E-state index contributed by atoms with van der Waals surface area (Å²) in [6, 6.07) is 2.81. The van der Waals surface area contributed by atoms with Gasteiger partial charge < -0.3 is 19.7 Å². The predicted octanol–water partition coefficient (Wildman–Crippen LogP) is 4.85. The molecule has 1 aromatic carbocycles. The second-order valence-electron chi connectivity index (χ2n) is 9.10. The number of benzene rings is 1. The largest absolute Gasteiger partial charge is 0.463 e. The van der Waals surface area contributed by atoms with E-state index >= 15 is 0 Å². The molecule has 0 aliphatic carbocycles. The molecule has 1 fully saturated rings. The van der Waals surface area contributed by atoms with Crippen molar-refractivity contribution in [2.75, 3.05) is 13.2 Å². The Kier molecular flexibility index (Phi) is 7.14. The molecule has 1 saturated heterocycles. The number of carbonyl (C=O) groups is 2. The summed E-state index contributed by atoms with van der Waals surface area (Å²) in [5.74, 6) is -0.493. The minimum Gasteiger partial charge on any atom is -0.463 e. The molecule has 2 aliphatic heterocycles. The van der Waals surface area contributed by atoms with Crippen LogP contribution in [0.25, 0.3) is 0 Å². The van der Waals surface area contributed by atoms with Gasteiger partial charge in [-0.15, -0.1) is 11.3 Å². The van der Waals surface area contributed by atoms with Crippen molar-refractivity contribution in [1.82, 2.24) is 15.2 Å². The maximum atomic E-state index is 13.8. The lowest BCUT2D eigenvalue weighted by Gasteiger charge is -2.31. The number of amidine groups is 1. The van der Waals surface area contributed by atoms with Crippen molar-refractivity contribution >= 4 is 40.8 Å². The van der Waals surface area contributed by atoms with Crippen LogP contribution in [-0.4, -0.2) is 52.6 Å². The van der Waals surface area contributed by atoms with Crippen molar-refractivity contribution in [3.05, 3.63) is 62.5 Å². The smallest absolute Gasteiger partial charge is 0.407 e. The van der Waals surface area contributed by atoms with Crippen LogP contribution >= 0.6 is 22.9 Å². The number of aromatic nitrogens is 1. The van der Waals surface area contributed by atoms with Crippen LogP contribution in [0.15, 0.2) is 46.0 Å². The number of rotatable bonds is 5. The molecule has 186 valence electrons. The van der Waals surface area contributed by atoms with Gasteiger partial charge in [-0.3, -0.25) is 4.99 Å². The third-order valence-electron chi connectivity index (χ3n) is 5.36. The third-order valence-corrected chi connectivity index (χ3v) is 6.45. The Bertz CT molecular complexity index is 1190. The Balaban J connectivity index is 1.79. The highest BCUT2D eigenvalue weighted by Gasteiger charge is 2.43. The number of alkyl carbamates (subject to hydrolysis) is 1. The first-order valence-electron chi connectivity index (χ1n) is 11.2. The molecule has 4 rings (SSSR count). The number of carbonyl (C=O) groups excluding carboxylic acids is 2. The van der Waals surface area contributed by atoms with E-state index < -0.39 is 29.5 Å². The van der Waals surface area contributed by atoms with Crippen molar-refractivity contribution in [2.45, 2.75) is 51.8 Å². The highest BCUT2D eigenvalue weighted by atomic mass is 35.5. The quantitative estimate of drug-likeness (QED) is 0.566. The molecule has 1 aromatic heterocycles. The summed E-state index contributed by atoms with van der Waals surface area (Å²) >= 11 is 7.80. The van der Waals surface area contributed by atoms with E-state index in [1.807, 2.05) is 10.3 Å². The molecule has 11 heteroatoms. The molecule has 0 saturated carbocycles. The maximum Gasteiger partial charge on any atom is 0.407 e. The van der Waals surface area contributed by atoms with E-state index in [1.165, 1.54) is 29.5 Å². The molecule has 0 radical (unpaired) electrons. The Morgan fingerprint density at radius 3 is 2.74 bits per heavy atom. The molecular weight excluding hydrogens is 495 g/mol. The van der Waals surface area contributed by atoms with Crippen LogP contribution in [0.3, 0.4) is 0 Å². The van der Waals surface area contributed by atoms with Gasteiger partial charge in [0.25, 0.3) is 0 Å². The molecule has 2 aromatic rings. The first-order chi connectivity index (χ1) is 16.6. The van der Waals surface area contributed by atoms with Crippen molar-refractivity contribution in [3.63, 3.8) is 0 Å². The third kappa shape index (κ3) is 5.48. The summed E-state index contributed by atoms with van der Waals surface area (Å²) in [7, 11) is 0. The lowest BCUT2D eigenvalue weighted by atomic mass is 9.94. The van der Waals surface area contributed by atoms with Crippen molar-refractivity contribution < 1.29 is 23.5 Å². The number of fused-ring (bicyclic) bond motifs is 1. The number of nitrogens with zero attached hydrogens (tertiary/aromatic N) is 3. The number of thiazole rings is 1. The topological polar surface area (TPSA) is 93.1 Å². The lowest BCUT2D eigenvalue weighted by Crippen LogP contribution is -2.41. The van der Waals surface area contributed by atoms with Crippen LogP contribution in [0.4, 0.5) is 9.18 Å². The summed E-state index contributed by atoms with van der Waals surface area (Å²) in [6.07, 6.45) is 1.46. The van der Waals surface area contributed by atoms with Crippen molar-refractivity contribution in [3.8, 4) is 0 Å². The monoisotopic (exact) mass is 520 g/mol.